The Morgan fingerprint density at radius 3 is 2.88 bits per heavy atom. The van der Waals surface area contributed by atoms with Gasteiger partial charge in [0.05, 0.1) is 6.54 Å². The first-order valence-corrected chi connectivity index (χ1v) is 9.38. The molecule has 1 aromatic heterocycles. The smallest absolute Gasteiger partial charge is 0.292 e. The molecule has 0 radical (unpaired) electrons. The van der Waals surface area contributed by atoms with Crippen LogP contribution in [0.4, 0.5) is 5.69 Å². The Balaban J connectivity index is 1.27. The number of aromatic nitrogens is 2. The molecule has 1 aliphatic carbocycles. The topological polar surface area (TPSA) is 83.3 Å². The lowest BCUT2D eigenvalue weighted by Gasteiger charge is -2.34. The Morgan fingerprint density at radius 1 is 1.27 bits per heavy atom. The van der Waals surface area contributed by atoms with E-state index in [1.54, 1.807) is 7.05 Å². The molecule has 2 aromatic rings. The Kier molecular flexibility index (Phi) is 4.88. The highest BCUT2D eigenvalue weighted by atomic mass is 16.5. The molecule has 2 N–H and O–H groups in total. The van der Waals surface area contributed by atoms with E-state index in [1.807, 2.05) is 0 Å². The van der Waals surface area contributed by atoms with Crippen molar-refractivity contribution in [2.45, 2.75) is 44.7 Å². The van der Waals surface area contributed by atoms with Gasteiger partial charge in [0.25, 0.3) is 11.7 Å². The highest BCUT2D eigenvalue weighted by Crippen LogP contribution is 2.28. The fourth-order valence-electron chi connectivity index (χ4n) is 3.86. The van der Waals surface area contributed by atoms with E-state index in [-0.39, 0.29) is 11.7 Å². The molecule has 26 heavy (non-hydrogen) atoms. The molecular weight excluding hydrogens is 330 g/mol. The van der Waals surface area contributed by atoms with Crippen LogP contribution in [0.2, 0.25) is 0 Å². The highest BCUT2D eigenvalue weighted by molar-refractivity contribution is 5.89. The lowest BCUT2D eigenvalue weighted by molar-refractivity contribution is 0.0950. The highest BCUT2D eigenvalue weighted by Gasteiger charge is 2.21. The minimum absolute atomic E-state index is 0.0794. The number of nitrogens with one attached hydrogen (secondary N) is 2. The van der Waals surface area contributed by atoms with Crippen molar-refractivity contribution in [1.82, 2.24) is 20.8 Å². The predicted octanol–water partition coefficient (Wildman–Crippen LogP) is 1.68. The SMILES string of the molecule is CNC(=O)c1noc(CNC2CCN(c3ccc4c(c3)CCC4)CC2)n1. The van der Waals surface area contributed by atoms with Crippen LogP contribution in [0, 0.1) is 0 Å². The number of carbonyl (C=O) groups excluding carboxylic acids is 1. The lowest BCUT2D eigenvalue weighted by atomic mass is 10.0. The summed E-state index contributed by atoms with van der Waals surface area (Å²) in [5.74, 6) is 0.197. The summed E-state index contributed by atoms with van der Waals surface area (Å²) >= 11 is 0. The van der Waals surface area contributed by atoms with Crippen molar-refractivity contribution in [3.05, 3.63) is 41.0 Å². The van der Waals surface area contributed by atoms with E-state index >= 15 is 0 Å². The molecule has 0 unspecified atom stereocenters. The van der Waals surface area contributed by atoms with Crippen LogP contribution >= 0.6 is 0 Å². The van der Waals surface area contributed by atoms with Crippen molar-refractivity contribution in [2.75, 3.05) is 25.0 Å². The number of amides is 1. The summed E-state index contributed by atoms with van der Waals surface area (Å²) in [5.41, 5.74) is 4.42. The summed E-state index contributed by atoms with van der Waals surface area (Å²) in [6, 6.07) is 7.39. The molecule has 2 heterocycles. The van der Waals surface area contributed by atoms with Gasteiger partial charge >= 0.3 is 0 Å². The molecule has 0 atom stereocenters. The fourth-order valence-corrected chi connectivity index (χ4v) is 3.86. The maximum atomic E-state index is 11.5. The Bertz CT molecular complexity index is 780. The number of fused-ring (bicyclic) bond motifs is 1. The van der Waals surface area contributed by atoms with Crippen LogP contribution in [-0.2, 0) is 19.4 Å². The van der Waals surface area contributed by atoms with Gasteiger partial charge in [0.1, 0.15) is 0 Å². The molecule has 1 amide bonds. The quantitative estimate of drug-likeness (QED) is 0.849. The summed E-state index contributed by atoms with van der Waals surface area (Å²) in [6.45, 7) is 2.58. The first-order valence-electron chi connectivity index (χ1n) is 9.38. The maximum Gasteiger partial charge on any atom is 0.292 e. The fraction of sp³-hybridized carbons (Fsp3) is 0.526. The first-order chi connectivity index (χ1) is 12.7. The van der Waals surface area contributed by atoms with Gasteiger partial charge in [0, 0.05) is 31.9 Å². The molecule has 1 saturated heterocycles. The Labute approximate surface area is 153 Å². The van der Waals surface area contributed by atoms with E-state index < -0.39 is 0 Å². The zero-order valence-corrected chi connectivity index (χ0v) is 15.1. The standard InChI is InChI=1S/C19H25N5O2/c1-20-19(25)18-22-17(26-23-18)12-21-15-7-9-24(10-8-15)16-6-5-13-3-2-4-14(13)11-16/h5-6,11,15,21H,2-4,7-10,12H2,1H3,(H,20,25). The molecule has 138 valence electrons. The molecule has 0 spiro atoms. The van der Waals surface area contributed by atoms with Gasteiger partial charge in [-0.3, -0.25) is 4.79 Å². The van der Waals surface area contributed by atoms with E-state index in [0.29, 0.717) is 18.5 Å². The lowest BCUT2D eigenvalue weighted by Crippen LogP contribution is -2.42. The van der Waals surface area contributed by atoms with Crippen molar-refractivity contribution in [2.24, 2.45) is 0 Å². The number of piperidine rings is 1. The van der Waals surface area contributed by atoms with Gasteiger partial charge in [0.15, 0.2) is 0 Å². The number of anilines is 1. The second-order valence-corrected chi connectivity index (χ2v) is 7.04. The molecule has 1 fully saturated rings. The molecule has 7 heteroatoms. The van der Waals surface area contributed by atoms with Crippen LogP contribution in [0.3, 0.4) is 0 Å². The molecule has 1 aliphatic heterocycles. The average Bonchev–Trinajstić information content (AvgIpc) is 3.35. The number of aryl methyl sites for hydroxylation is 2. The molecule has 4 rings (SSSR count). The van der Waals surface area contributed by atoms with E-state index in [2.05, 4.69) is 43.9 Å². The van der Waals surface area contributed by atoms with Crippen LogP contribution < -0.4 is 15.5 Å². The first kappa shape index (κ1) is 17.0. The van der Waals surface area contributed by atoms with Crippen molar-refractivity contribution in [3.8, 4) is 0 Å². The van der Waals surface area contributed by atoms with Crippen LogP contribution in [-0.4, -0.2) is 42.2 Å². The van der Waals surface area contributed by atoms with Gasteiger partial charge < -0.3 is 20.1 Å². The summed E-state index contributed by atoms with van der Waals surface area (Å²) in [7, 11) is 1.55. The van der Waals surface area contributed by atoms with Crippen molar-refractivity contribution in [3.63, 3.8) is 0 Å². The number of rotatable bonds is 5. The third-order valence-corrected chi connectivity index (χ3v) is 5.38. The number of hydrogen-bond donors (Lipinski definition) is 2. The largest absolute Gasteiger partial charge is 0.371 e. The summed E-state index contributed by atoms with van der Waals surface area (Å²) in [6.07, 6.45) is 5.91. The van der Waals surface area contributed by atoms with E-state index in [9.17, 15) is 4.79 Å². The Hall–Kier alpha value is -2.41. The van der Waals surface area contributed by atoms with E-state index in [0.717, 1.165) is 25.9 Å². The molecule has 2 aliphatic rings. The van der Waals surface area contributed by atoms with Gasteiger partial charge in [0.2, 0.25) is 5.89 Å². The predicted molar refractivity (Wildman–Crippen MR) is 98.2 cm³/mol. The minimum atomic E-state index is -0.331. The number of benzene rings is 1. The van der Waals surface area contributed by atoms with Gasteiger partial charge in [-0.15, -0.1) is 0 Å². The molecule has 1 aromatic carbocycles. The van der Waals surface area contributed by atoms with Crippen LogP contribution in [0.25, 0.3) is 0 Å². The summed E-state index contributed by atoms with van der Waals surface area (Å²) in [5, 5.41) is 9.64. The third-order valence-electron chi connectivity index (χ3n) is 5.38. The molecule has 7 nitrogen and oxygen atoms in total. The van der Waals surface area contributed by atoms with Crippen molar-refractivity contribution >= 4 is 11.6 Å². The maximum absolute atomic E-state index is 11.5. The van der Waals surface area contributed by atoms with Gasteiger partial charge in [-0.1, -0.05) is 11.2 Å². The second kappa shape index (κ2) is 7.45. The normalized spacial score (nSPS) is 17.3. The second-order valence-electron chi connectivity index (χ2n) is 7.04. The molecule has 0 saturated carbocycles. The minimum Gasteiger partial charge on any atom is -0.371 e. The average molecular weight is 355 g/mol. The zero-order chi connectivity index (χ0) is 17.9. The summed E-state index contributed by atoms with van der Waals surface area (Å²) < 4.78 is 5.12. The number of nitrogens with zero attached hydrogens (tertiary/aromatic N) is 3. The number of hydrogen-bond acceptors (Lipinski definition) is 6. The molecular formula is C19H25N5O2. The van der Waals surface area contributed by atoms with E-state index in [1.165, 1.54) is 36.1 Å². The number of carbonyl (C=O) groups is 1. The monoisotopic (exact) mass is 355 g/mol. The van der Waals surface area contributed by atoms with Crippen LogP contribution in [0.15, 0.2) is 22.7 Å². The van der Waals surface area contributed by atoms with Crippen LogP contribution in [0.1, 0.15) is 46.9 Å². The van der Waals surface area contributed by atoms with E-state index in [4.69, 9.17) is 4.52 Å². The van der Waals surface area contributed by atoms with Crippen molar-refractivity contribution < 1.29 is 9.32 Å². The van der Waals surface area contributed by atoms with Gasteiger partial charge in [-0.25, -0.2) is 0 Å². The van der Waals surface area contributed by atoms with Crippen LogP contribution in [0.5, 0.6) is 0 Å². The van der Waals surface area contributed by atoms with Crippen molar-refractivity contribution in [1.29, 1.82) is 0 Å². The zero-order valence-electron chi connectivity index (χ0n) is 15.1. The molecule has 0 bridgehead atoms. The van der Waals surface area contributed by atoms with Gasteiger partial charge in [-0.2, -0.15) is 4.98 Å². The summed E-state index contributed by atoms with van der Waals surface area (Å²) in [4.78, 5) is 18.0. The Morgan fingerprint density at radius 2 is 2.08 bits per heavy atom. The van der Waals surface area contributed by atoms with Gasteiger partial charge in [-0.05, 0) is 55.4 Å². The third kappa shape index (κ3) is 3.58.